The predicted molar refractivity (Wildman–Crippen MR) is 96.5 cm³/mol. The first-order valence-corrected chi connectivity index (χ1v) is 10.0. The van der Waals surface area contributed by atoms with Gasteiger partial charge < -0.3 is 15.3 Å². The first-order valence-electron chi connectivity index (χ1n) is 10.0. The van der Waals surface area contributed by atoms with Crippen LogP contribution in [-0.2, 0) is 4.79 Å². The molecule has 0 bridgehead atoms. The molecule has 0 aromatic carbocycles. The number of hydrogen-bond acceptors (Lipinski definition) is 3. The van der Waals surface area contributed by atoms with E-state index >= 15 is 0 Å². The maximum atomic E-state index is 12.5. The quantitative estimate of drug-likeness (QED) is 0.819. The zero-order valence-electron chi connectivity index (χ0n) is 15.5. The summed E-state index contributed by atoms with van der Waals surface area (Å²) in [6, 6.07) is 0.893. The Bertz CT molecular complexity index is 461. The van der Waals surface area contributed by atoms with Gasteiger partial charge in [-0.05, 0) is 57.3 Å². The standard InChI is InChI=1S/C19H33N3O3/c1-14-2-8-17(9-3-14)21-10-12-22(13-11-21)19(25)20-16-6-4-15(5-7-16)18(23)24/h14-17H,2-13H2,1H3,(H,20,25)(H,23,24). The van der Waals surface area contributed by atoms with Crippen molar-refractivity contribution in [2.75, 3.05) is 26.2 Å². The Morgan fingerprint density at radius 1 is 0.880 bits per heavy atom. The van der Waals surface area contributed by atoms with Crippen LogP contribution in [0.2, 0.25) is 0 Å². The monoisotopic (exact) mass is 351 g/mol. The number of piperazine rings is 1. The molecular formula is C19H33N3O3. The van der Waals surface area contributed by atoms with E-state index in [1.54, 1.807) is 0 Å². The molecule has 3 aliphatic rings. The van der Waals surface area contributed by atoms with Crippen molar-refractivity contribution in [1.82, 2.24) is 15.1 Å². The van der Waals surface area contributed by atoms with Crippen LogP contribution in [0, 0.1) is 11.8 Å². The van der Waals surface area contributed by atoms with Crippen LogP contribution in [0.3, 0.4) is 0 Å². The summed E-state index contributed by atoms with van der Waals surface area (Å²) in [5.41, 5.74) is 0. The SMILES string of the molecule is CC1CCC(N2CCN(C(=O)NC3CCC(C(=O)O)CC3)CC2)CC1. The lowest BCUT2D eigenvalue weighted by Gasteiger charge is -2.42. The average molecular weight is 351 g/mol. The van der Waals surface area contributed by atoms with Gasteiger partial charge in [-0.25, -0.2) is 4.79 Å². The molecular weight excluding hydrogens is 318 g/mol. The van der Waals surface area contributed by atoms with E-state index in [0.717, 1.165) is 44.9 Å². The number of rotatable bonds is 3. The molecule has 6 nitrogen and oxygen atoms in total. The highest BCUT2D eigenvalue weighted by molar-refractivity contribution is 5.75. The van der Waals surface area contributed by atoms with Crippen LogP contribution in [0.15, 0.2) is 0 Å². The van der Waals surface area contributed by atoms with Crippen LogP contribution in [0.4, 0.5) is 4.79 Å². The summed E-state index contributed by atoms with van der Waals surface area (Å²) in [5, 5.41) is 12.2. The zero-order chi connectivity index (χ0) is 17.8. The number of nitrogens with zero attached hydrogens (tertiary/aromatic N) is 2. The van der Waals surface area contributed by atoms with Gasteiger partial charge in [-0.15, -0.1) is 0 Å². The predicted octanol–water partition coefficient (Wildman–Crippen LogP) is 2.54. The number of carboxylic acids is 1. The molecule has 0 aromatic rings. The van der Waals surface area contributed by atoms with E-state index in [0.29, 0.717) is 18.9 Å². The fraction of sp³-hybridized carbons (Fsp3) is 0.895. The van der Waals surface area contributed by atoms with Gasteiger partial charge in [-0.1, -0.05) is 6.92 Å². The molecule has 1 saturated heterocycles. The van der Waals surface area contributed by atoms with Crippen molar-refractivity contribution in [1.29, 1.82) is 0 Å². The normalized spacial score (nSPS) is 34.5. The Morgan fingerprint density at radius 2 is 1.48 bits per heavy atom. The minimum atomic E-state index is -0.696. The highest BCUT2D eigenvalue weighted by atomic mass is 16.4. The molecule has 0 atom stereocenters. The van der Waals surface area contributed by atoms with Gasteiger partial charge >= 0.3 is 12.0 Å². The number of urea groups is 1. The molecule has 1 aliphatic heterocycles. The fourth-order valence-electron chi connectivity index (χ4n) is 4.65. The third-order valence-corrected chi connectivity index (χ3v) is 6.51. The fourth-order valence-corrected chi connectivity index (χ4v) is 4.65. The number of hydrogen-bond donors (Lipinski definition) is 2. The van der Waals surface area contributed by atoms with Crippen LogP contribution < -0.4 is 5.32 Å². The van der Waals surface area contributed by atoms with Gasteiger partial charge in [0.2, 0.25) is 0 Å². The first kappa shape index (κ1) is 18.5. The molecule has 1 heterocycles. The molecule has 3 rings (SSSR count). The van der Waals surface area contributed by atoms with Crippen molar-refractivity contribution >= 4 is 12.0 Å². The van der Waals surface area contributed by atoms with E-state index in [1.807, 2.05) is 4.90 Å². The number of carbonyl (C=O) groups is 2. The molecule has 142 valence electrons. The lowest BCUT2D eigenvalue weighted by molar-refractivity contribution is -0.142. The van der Waals surface area contributed by atoms with Crippen molar-refractivity contribution < 1.29 is 14.7 Å². The van der Waals surface area contributed by atoms with Crippen molar-refractivity contribution in [3.63, 3.8) is 0 Å². The summed E-state index contributed by atoms with van der Waals surface area (Å²) in [5.74, 6) is -0.0487. The maximum Gasteiger partial charge on any atom is 0.317 e. The minimum absolute atomic E-state index is 0.0377. The number of nitrogens with one attached hydrogen (secondary N) is 1. The summed E-state index contributed by atoms with van der Waals surface area (Å²) < 4.78 is 0. The zero-order valence-corrected chi connectivity index (χ0v) is 15.5. The van der Waals surface area contributed by atoms with Gasteiger partial charge in [0.1, 0.15) is 0 Å². The van der Waals surface area contributed by atoms with Crippen molar-refractivity contribution in [2.24, 2.45) is 11.8 Å². The van der Waals surface area contributed by atoms with Crippen molar-refractivity contribution in [3.05, 3.63) is 0 Å². The van der Waals surface area contributed by atoms with Gasteiger partial charge in [-0.3, -0.25) is 9.69 Å². The van der Waals surface area contributed by atoms with E-state index < -0.39 is 5.97 Å². The highest BCUT2D eigenvalue weighted by Crippen LogP contribution is 2.28. The molecule has 3 fully saturated rings. The molecule has 2 saturated carbocycles. The Labute approximate surface area is 150 Å². The molecule has 2 aliphatic carbocycles. The van der Waals surface area contributed by atoms with Crippen LogP contribution in [0.25, 0.3) is 0 Å². The summed E-state index contributed by atoms with van der Waals surface area (Å²) in [6.45, 7) is 5.93. The van der Waals surface area contributed by atoms with Crippen LogP contribution in [-0.4, -0.2) is 65.2 Å². The smallest absolute Gasteiger partial charge is 0.317 e. The number of amides is 2. The Morgan fingerprint density at radius 3 is 2.04 bits per heavy atom. The second kappa shape index (κ2) is 8.39. The second-order valence-corrected chi connectivity index (χ2v) is 8.27. The van der Waals surface area contributed by atoms with E-state index in [9.17, 15) is 9.59 Å². The third-order valence-electron chi connectivity index (χ3n) is 6.51. The van der Waals surface area contributed by atoms with Gasteiger partial charge in [-0.2, -0.15) is 0 Å². The average Bonchev–Trinajstić information content (AvgIpc) is 2.63. The second-order valence-electron chi connectivity index (χ2n) is 8.27. The molecule has 0 aromatic heterocycles. The largest absolute Gasteiger partial charge is 0.481 e. The molecule has 2 amide bonds. The molecule has 0 radical (unpaired) electrons. The molecule has 2 N–H and O–H groups in total. The van der Waals surface area contributed by atoms with Gasteiger partial charge in [0.15, 0.2) is 0 Å². The molecule has 0 spiro atoms. The lowest BCUT2D eigenvalue weighted by Crippen LogP contribution is -2.56. The van der Waals surface area contributed by atoms with Crippen molar-refractivity contribution in [2.45, 2.75) is 70.4 Å². The van der Waals surface area contributed by atoms with Crippen LogP contribution in [0.1, 0.15) is 58.3 Å². The maximum absolute atomic E-state index is 12.5. The molecule has 0 unspecified atom stereocenters. The van der Waals surface area contributed by atoms with E-state index in [1.165, 1.54) is 25.7 Å². The summed E-state index contributed by atoms with van der Waals surface area (Å²) >= 11 is 0. The van der Waals surface area contributed by atoms with Crippen molar-refractivity contribution in [3.8, 4) is 0 Å². The number of carboxylic acid groups (broad SMARTS) is 1. The Kier molecular flexibility index (Phi) is 6.20. The highest BCUT2D eigenvalue weighted by Gasteiger charge is 2.31. The summed E-state index contributed by atoms with van der Waals surface area (Å²) in [6.07, 6.45) is 8.20. The van der Waals surface area contributed by atoms with Gasteiger partial charge in [0, 0.05) is 38.3 Å². The van der Waals surface area contributed by atoms with Crippen LogP contribution in [0.5, 0.6) is 0 Å². The van der Waals surface area contributed by atoms with E-state index in [2.05, 4.69) is 17.1 Å². The van der Waals surface area contributed by atoms with Gasteiger partial charge in [0.05, 0.1) is 5.92 Å². The summed E-state index contributed by atoms with van der Waals surface area (Å²) in [4.78, 5) is 28.0. The Balaban J connectivity index is 1.38. The van der Waals surface area contributed by atoms with Gasteiger partial charge in [0.25, 0.3) is 0 Å². The first-order chi connectivity index (χ1) is 12.0. The van der Waals surface area contributed by atoms with Crippen LogP contribution >= 0.6 is 0 Å². The van der Waals surface area contributed by atoms with E-state index in [-0.39, 0.29) is 18.0 Å². The Hall–Kier alpha value is -1.30. The van der Waals surface area contributed by atoms with E-state index in [4.69, 9.17) is 5.11 Å². The third kappa shape index (κ3) is 4.87. The minimum Gasteiger partial charge on any atom is -0.481 e. The number of carbonyl (C=O) groups excluding carboxylic acids is 1. The number of aliphatic carboxylic acids is 1. The molecule has 6 heteroatoms. The summed E-state index contributed by atoms with van der Waals surface area (Å²) in [7, 11) is 0. The lowest BCUT2D eigenvalue weighted by atomic mass is 9.86. The topological polar surface area (TPSA) is 72.9 Å². The molecule has 25 heavy (non-hydrogen) atoms.